The van der Waals surface area contributed by atoms with E-state index in [1.54, 1.807) is 12.1 Å². The molecule has 0 aliphatic heterocycles. The molecule has 0 aliphatic carbocycles. The summed E-state index contributed by atoms with van der Waals surface area (Å²) in [6.07, 6.45) is -0.00631. The molecule has 0 saturated carbocycles. The van der Waals surface area contributed by atoms with Crippen molar-refractivity contribution >= 4 is 5.97 Å². The lowest BCUT2D eigenvalue weighted by Crippen LogP contribution is -2.26. The molecule has 3 aromatic carbocycles. The highest BCUT2D eigenvalue weighted by atomic mass is 19.1. The number of rotatable bonds is 9. The van der Waals surface area contributed by atoms with Crippen molar-refractivity contribution in [2.75, 3.05) is 6.54 Å². The first-order chi connectivity index (χ1) is 14.0. The number of nitrogens with zero attached hydrogens (tertiary/aromatic N) is 1. The molecule has 0 bridgehead atoms. The van der Waals surface area contributed by atoms with Crippen molar-refractivity contribution in [1.29, 1.82) is 0 Å². The van der Waals surface area contributed by atoms with E-state index in [9.17, 15) is 9.18 Å². The second kappa shape index (κ2) is 9.85. The molecule has 0 fully saturated rings. The molecule has 3 rings (SSSR count). The van der Waals surface area contributed by atoms with Gasteiger partial charge in [-0.1, -0.05) is 48.0 Å². The van der Waals surface area contributed by atoms with Crippen LogP contribution in [0.15, 0.2) is 72.8 Å². The zero-order valence-corrected chi connectivity index (χ0v) is 16.3. The van der Waals surface area contributed by atoms with Gasteiger partial charge < -0.3 is 9.84 Å². The molecule has 0 saturated heterocycles. The average Bonchev–Trinajstić information content (AvgIpc) is 2.70. The van der Waals surface area contributed by atoms with Crippen LogP contribution < -0.4 is 4.74 Å². The van der Waals surface area contributed by atoms with Gasteiger partial charge in [0.1, 0.15) is 17.3 Å². The molecule has 29 heavy (non-hydrogen) atoms. The Morgan fingerprint density at radius 2 is 1.72 bits per heavy atom. The third kappa shape index (κ3) is 6.43. The van der Waals surface area contributed by atoms with Gasteiger partial charge in [0.15, 0.2) is 0 Å². The number of carbonyl (C=O) groups is 1. The maximum Gasteiger partial charge on any atom is 0.304 e. The summed E-state index contributed by atoms with van der Waals surface area (Å²) in [5, 5.41) is 9.08. The smallest absolute Gasteiger partial charge is 0.304 e. The molecule has 0 aliphatic rings. The summed E-state index contributed by atoms with van der Waals surface area (Å²) in [6, 6.07) is 22.1. The van der Waals surface area contributed by atoms with Gasteiger partial charge in [-0.2, -0.15) is 0 Å². The van der Waals surface area contributed by atoms with E-state index in [-0.39, 0.29) is 12.2 Å². The van der Waals surface area contributed by atoms with Crippen LogP contribution in [-0.4, -0.2) is 22.5 Å². The van der Waals surface area contributed by atoms with E-state index in [0.29, 0.717) is 30.9 Å². The fourth-order valence-corrected chi connectivity index (χ4v) is 3.12. The Morgan fingerprint density at radius 3 is 2.48 bits per heavy atom. The van der Waals surface area contributed by atoms with Crippen molar-refractivity contribution in [3.63, 3.8) is 0 Å². The van der Waals surface area contributed by atoms with E-state index >= 15 is 0 Å². The Bertz CT molecular complexity index is 959. The third-order valence-corrected chi connectivity index (χ3v) is 4.52. The van der Waals surface area contributed by atoms with Crippen molar-refractivity contribution in [2.24, 2.45) is 0 Å². The van der Waals surface area contributed by atoms with Crippen LogP contribution in [0.3, 0.4) is 0 Å². The highest BCUT2D eigenvalue weighted by molar-refractivity contribution is 5.66. The van der Waals surface area contributed by atoms with Crippen LogP contribution in [0, 0.1) is 12.7 Å². The minimum absolute atomic E-state index is 0.00631. The topological polar surface area (TPSA) is 49.8 Å². The van der Waals surface area contributed by atoms with Crippen LogP contribution in [0.5, 0.6) is 11.5 Å². The normalized spacial score (nSPS) is 10.9. The fraction of sp³-hybridized carbons (Fsp3) is 0.208. The number of carboxylic acids is 1. The average molecular weight is 393 g/mol. The van der Waals surface area contributed by atoms with Gasteiger partial charge in [-0.05, 0) is 42.8 Å². The van der Waals surface area contributed by atoms with E-state index in [1.807, 2.05) is 66.4 Å². The van der Waals surface area contributed by atoms with Gasteiger partial charge >= 0.3 is 5.97 Å². The summed E-state index contributed by atoms with van der Waals surface area (Å²) >= 11 is 0. The largest absolute Gasteiger partial charge is 0.481 e. The number of aryl methyl sites for hydroxylation is 1. The molecule has 5 heteroatoms. The predicted octanol–water partition coefficient (Wildman–Crippen LogP) is 5.40. The molecular formula is C24H24FNO3. The third-order valence-electron chi connectivity index (χ3n) is 4.52. The van der Waals surface area contributed by atoms with Crippen molar-refractivity contribution < 1.29 is 19.0 Å². The second-order valence-electron chi connectivity index (χ2n) is 7.01. The van der Waals surface area contributed by atoms with Crippen LogP contribution in [-0.2, 0) is 17.9 Å². The van der Waals surface area contributed by atoms with Crippen LogP contribution in [0.1, 0.15) is 23.1 Å². The Kier molecular flexibility index (Phi) is 6.98. The Morgan fingerprint density at radius 1 is 0.966 bits per heavy atom. The first-order valence-corrected chi connectivity index (χ1v) is 9.50. The van der Waals surface area contributed by atoms with Crippen LogP contribution in [0.2, 0.25) is 0 Å². The Hall–Kier alpha value is -3.18. The summed E-state index contributed by atoms with van der Waals surface area (Å²) in [7, 11) is 0. The van der Waals surface area contributed by atoms with Gasteiger partial charge in [-0.3, -0.25) is 9.69 Å². The van der Waals surface area contributed by atoms with Crippen molar-refractivity contribution in [1.82, 2.24) is 4.90 Å². The van der Waals surface area contributed by atoms with Crippen LogP contribution in [0.25, 0.3) is 0 Å². The number of carboxylic acid groups (broad SMARTS) is 1. The summed E-state index contributed by atoms with van der Waals surface area (Å²) < 4.78 is 20.1. The zero-order chi connectivity index (χ0) is 20.6. The van der Waals surface area contributed by atoms with Crippen molar-refractivity contribution in [2.45, 2.75) is 26.4 Å². The number of ether oxygens (including phenoxy) is 1. The highest BCUT2D eigenvalue weighted by Crippen LogP contribution is 2.23. The van der Waals surface area contributed by atoms with Gasteiger partial charge in [0.05, 0.1) is 6.42 Å². The molecule has 150 valence electrons. The maximum atomic E-state index is 14.2. The van der Waals surface area contributed by atoms with E-state index < -0.39 is 5.97 Å². The Balaban J connectivity index is 1.75. The minimum atomic E-state index is -0.874. The molecule has 0 spiro atoms. The molecule has 0 aromatic heterocycles. The van der Waals surface area contributed by atoms with Gasteiger partial charge in [0.25, 0.3) is 0 Å². The standard InChI is InChI=1S/C24H24FNO3/c1-18-10-11-23(25)20(14-18)17-26(13-12-24(27)28)16-19-6-5-9-22(15-19)29-21-7-3-2-4-8-21/h2-11,14-15H,12-13,16-17H2,1H3,(H,27,28). The van der Waals surface area contributed by atoms with Gasteiger partial charge in [0.2, 0.25) is 0 Å². The molecule has 0 heterocycles. The number of benzene rings is 3. The van der Waals surface area contributed by atoms with E-state index in [2.05, 4.69) is 0 Å². The molecule has 0 amide bonds. The number of hydrogen-bond donors (Lipinski definition) is 1. The second-order valence-corrected chi connectivity index (χ2v) is 7.01. The van der Waals surface area contributed by atoms with E-state index in [1.165, 1.54) is 6.07 Å². The molecule has 4 nitrogen and oxygen atoms in total. The lowest BCUT2D eigenvalue weighted by Gasteiger charge is -2.22. The number of hydrogen-bond acceptors (Lipinski definition) is 3. The van der Waals surface area contributed by atoms with E-state index in [0.717, 1.165) is 16.9 Å². The van der Waals surface area contributed by atoms with Gasteiger partial charge in [-0.25, -0.2) is 4.39 Å². The summed E-state index contributed by atoms with van der Waals surface area (Å²) in [6.45, 7) is 3.07. The van der Waals surface area contributed by atoms with Crippen molar-refractivity contribution in [3.05, 3.63) is 95.3 Å². The van der Waals surface area contributed by atoms with Crippen LogP contribution in [0.4, 0.5) is 4.39 Å². The maximum absolute atomic E-state index is 14.2. The number of halogens is 1. The van der Waals surface area contributed by atoms with Gasteiger partial charge in [-0.15, -0.1) is 0 Å². The number of para-hydroxylation sites is 1. The van der Waals surface area contributed by atoms with Crippen LogP contribution >= 0.6 is 0 Å². The van der Waals surface area contributed by atoms with Gasteiger partial charge in [0, 0.05) is 25.2 Å². The molecule has 0 unspecified atom stereocenters. The molecule has 3 aromatic rings. The monoisotopic (exact) mass is 393 g/mol. The molecule has 1 N–H and O–H groups in total. The first kappa shape index (κ1) is 20.6. The Labute approximate surface area is 170 Å². The summed E-state index contributed by atoms with van der Waals surface area (Å²) in [5.74, 6) is 0.292. The SMILES string of the molecule is Cc1ccc(F)c(CN(CCC(=O)O)Cc2cccc(Oc3ccccc3)c2)c1. The fourth-order valence-electron chi connectivity index (χ4n) is 3.12. The van der Waals surface area contributed by atoms with E-state index in [4.69, 9.17) is 9.84 Å². The first-order valence-electron chi connectivity index (χ1n) is 9.50. The predicted molar refractivity (Wildman–Crippen MR) is 110 cm³/mol. The highest BCUT2D eigenvalue weighted by Gasteiger charge is 2.13. The lowest BCUT2D eigenvalue weighted by atomic mass is 10.1. The molecule has 0 radical (unpaired) electrons. The summed E-state index contributed by atoms with van der Waals surface area (Å²) in [4.78, 5) is 13.0. The summed E-state index contributed by atoms with van der Waals surface area (Å²) in [5.41, 5.74) is 2.50. The number of aliphatic carboxylic acids is 1. The quantitative estimate of drug-likeness (QED) is 0.529. The zero-order valence-electron chi connectivity index (χ0n) is 16.3. The molecular weight excluding hydrogens is 369 g/mol. The minimum Gasteiger partial charge on any atom is -0.481 e. The molecule has 0 atom stereocenters. The van der Waals surface area contributed by atoms with Crippen molar-refractivity contribution in [3.8, 4) is 11.5 Å². The lowest BCUT2D eigenvalue weighted by molar-refractivity contribution is -0.137.